The molecule has 112 valence electrons. The van der Waals surface area contributed by atoms with Crippen molar-refractivity contribution in [1.82, 2.24) is 9.97 Å². The maximum absolute atomic E-state index is 5.67. The smallest absolute Gasteiger partial charge is 0.160 e. The first-order valence-electron chi connectivity index (χ1n) is 7.55. The van der Waals surface area contributed by atoms with Gasteiger partial charge in [-0.25, -0.2) is 9.97 Å². The summed E-state index contributed by atoms with van der Waals surface area (Å²) in [4.78, 5) is 9.44. The number of anilines is 1. The zero-order chi connectivity index (χ0) is 14.8. The third-order valence-corrected chi connectivity index (χ3v) is 4.05. The van der Waals surface area contributed by atoms with Crippen molar-refractivity contribution >= 4 is 5.82 Å². The molecular weight excluding hydrogens is 250 g/mol. The summed E-state index contributed by atoms with van der Waals surface area (Å²) >= 11 is 0. The van der Waals surface area contributed by atoms with Crippen LogP contribution < -0.4 is 5.32 Å². The topological polar surface area (TPSA) is 47.0 Å². The molecule has 1 aliphatic carbocycles. The third-order valence-electron chi connectivity index (χ3n) is 4.05. The summed E-state index contributed by atoms with van der Waals surface area (Å²) in [6.07, 6.45) is 5.02. The predicted octanol–water partition coefficient (Wildman–Crippen LogP) is 3.91. The van der Waals surface area contributed by atoms with Gasteiger partial charge in [-0.3, -0.25) is 0 Å². The quantitative estimate of drug-likeness (QED) is 0.906. The molecule has 1 aromatic rings. The molecule has 1 heterocycles. The fraction of sp³-hybridized carbons (Fsp3) is 0.750. The Balaban J connectivity index is 2.38. The van der Waals surface area contributed by atoms with E-state index in [1.54, 1.807) is 7.11 Å². The Labute approximate surface area is 122 Å². The molecule has 0 aromatic carbocycles. The van der Waals surface area contributed by atoms with Crippen LogP contribution in [0.1, 0.15) is 70.0 Å². The lowest BCUT2D eigenvalue weighted by molar-refractivity contribution is 0.00856. The van der Waals surface area contributed by atoms with E-state index in [1.807, 2.05) is 7.05 Å². The van der Waals surface area contributed by atoms with E-state index in [-0.39, 0.29) is 11.5 Å². The molecule has 0 aliphatic heterocycles. The second-order valence-electron chi connectivity index (χ2n) is 6.75. The Bertz CT molecular complexity index is 448. The molecule has 1 N–H and O–H groups in total. The van der Waals surface area contributed by atoms with Gasteiger partial charge in [0.1, 0.15) is 11.9 Å². The van der Waals surface area contributed by atoms with Crippen LogP contribution in [0.15, 0.2) is 6.07 Å². The fourth-order valence-corrected chi connectivity index (χ4v) is 3.01. The van der Waals surface area contributed by atoms with E-state index in [0.717, 1.165) is 11.6 Å². The van der Waals surface area contributed by atoms with E-state index >= 15 is 0 Å². The zero-order valence-corrected chi connectivity index (χ0v) is 13.4. The lowest BCUT2D eigenvalue weighted by Crippen LogP contribution is -2.23. The number of methoxy groups -OCH3 is 1. The van der Waals surface area contributed by atoms with Gasteiger partial charge in [0.15, 0.2) is 5.82 Å². The van der Waals surface area contributed by atoms with E-state index in [0.29, 0.717) is 5.92 Å². The number of hydrogen-bond acceptors (Lipinski definition) is 4. The van der Waals surface area contributed by atoms with Gasteiger partial charge in [0, 0.05) is 31.8 Å². The fourth-order valence-electron chi connectivity index (χ4n) is 3.01. The maximum Gasteiger partial charge on any atom is 0.160 e. The summed E-state index contributed by atoms with van der Waals surface area (Å²) in [5.74, 6) is 2.28. The van der Waals surface area contributed by atoms with Crippen molar-refractivity contribution < 1.29 is 4.74 Å². The summed E-state index contributed by atoms with van der Waals surface area (Å²) < 4.78 is 5.67. The first kappa shape index (κ1) is 15.2. The summed E-state index contributed by atoms with van der Waals surface area (Å²) in [6.45, 7) is 6.48. The predicted molar refractivity (Wildman–Crippen MR) is 82.0 cm³/mol. The van der Waals surface area contributed by atoms with Crippen molar-refractivity contribution in [2.24, 2.45) is 5.41 Å². The normalized spacial score (nSPS) is 18.2. The third kappa shape index (κ3) is 3.29. The van der Waals surface area contributed by atoms with Gasteiger partial charge in [0.25, 0.3) is 0 Å². The second-order valence-corrected chi connectivity index (χ2v) is 6.75. The molecule has 1 fully saturated rings. The molecule has 1 aliphatic rings. The van der Waals surface area contributed by atoms with Crippen LogP contribution in [0.5, 0.6) is 0 Å². The Morgan fingerprint density at radius 3 is 2.40 bits per heavy atom. The minimum absolute atomic E-state index is 0.0198. The lowest BCUT2D eigenvalue weighted by atomic mass is 9.88. The number of nitrogens with zero attached hydrogens (tertiary/aromatic N) is 2. The summed E-state index contributed by atoms with van der Waals surface area (Å²) in [7, 11) is 3.64. The highest BCUT2D eigenvalue weighted by Crippen LogP contribution is 2.37. The molecule has 4 heteroatoms. The molecule has 0 spiro atoms. The molecule has 2 rings (SSSR count). The number of nitrogens with one attached hydrogen (secondary N) is 1. The van der Waals surface area contributed by atoms with Crippen molar-refractivity contribution in [3.8, 4) is 0 Å². The largest absolute Gasteiger partial charge is 0.373 e. The molecule has 1 unspecified atom stereocenters. The molecule has 20 heavy (non-hydrogen) atoms. The molecular formula is C16H27N3O. The number of hydrogen-bond donors (Lipinski definition) is 1. The summed E-state index contributed by atoms with van der Waals surface area (Å²) in [6, 6.07) is 2.09. The molecule has 0 bridgehead atoms. The average molecular weight is 277 g/mol. The number of ether oxygens (including phenoxy) is 1. The molecule has 0 amide bonds. The average Bonchev–Trinajstić information content (AvgIpc) is 2.91. The van der Waals surface area contributed by atoms with Crippen molar-refractivity contribution in [2.45, 2.75) is 58.5 Å². The van der Waals surface area contributed by atoms with Crippen LogP contribution in [0, 0.1) is 5.41 Å². The standard InChI is InChI=1S/C16H27N3O/c1-16(2,3)14(20-5)15-18-12(10-13(17-4)19-15)11-8-6-7-9-11/h10-11,14H,6-9H2,1-5H3,(H,17,18,19). The number of aromatic nitrogens is 2. The van der Waals surface area contributed by atoms with Crippen LogP contribution in [-0.2, 0) is 4.74 Å². The Kier molecular flexibility index (Phi) is 4.63. The van der Waals surface area contributed by atoms with Crippen molar-refractivity contribution in [3.05, 3.63) is 17.6 Å². The van der Waals surface area contributed by atoms with Gasteiger partial charge < -0.3 is 10.1 Å². The first-order chi connectivity index (χ1) is 9.45. The van der Waals surface area contributed by atoms with Gasteiger partial charge >= 0.3 is 0 Å². The minimum Gasteiger partial charge on any atom is -0.373 e. The van der Waals surface area contributed by atoms with Crippen molar-refractivity contribution in [1.29, 1.82) is 0 Å². The van der Waals surface area contributed by atoms with Gasteiger partial charge in [-0.15, -0.1) is 0 Å². The van der Waals surface area contributed by atoms with Crippen LogP contribution in [-0.4, -0.2) is 24.1 Å². The van der Waals surface area contributed by atoms with E-state index in [4.69, 9.17) is 9.72 Å². The van der Waals surface area contributed by atoms with Gasteiger partial charge in [0.2, 0.25) is 0 Å². The zero-order valence-electron chi connectivity index (χ0n) is 13.4. The van der Waals surface area contributed by atoms with E-state index < -0.39 is 0 Å². The summed E-state index contributed by atoms with van der Waals surface area (Å²) in [5, 5.41) is 3.15. The highest BCUT2D eigenvalue weighted by molar-refractivity contribution is 5.37. The molecule has 1 atom stereocenters. The minimum atomic E-state index is -0.0871. The van der Waals surface area contributed by atoms with Gasteiger partial charge in [0.05, 0.1) is 0 Å². The van der Waals surface area contributed by atoms with Crippen LogP contribution in [0.25, 0.3) is 0 Å². The lowest BCUT2D eigenvalue weighted by Gasteiger charge is -2.28. The van der Waals surface area contributed by atoms with Crippen LogP contribution in [0.2, 0.25) is 0 Å². The molecule has 0 saturated heterocycles. The van der Waals surface area contributed by atoms with Crippen LogP contribution >= 0.6 is 0 Å². The molecule has 1 saturated carbocycles. The summed E-state index contributed by atoms with van der Waals surface area (Å²) in [5.41, 5.74) is 1.15. The Morgan fingerprint density at radius 2 is 1.90 bits per heavy atom. The van der Waals surface area contributed by atoms with Gasteiger partial charge in [-0.05, 0) is 18.3 Å². The van der Waals surface area contributed by atoms with Crippen molar-refractivity contribution in [2.75, 3.05) is 19.5 Å². The first-order valence-corrected chi connectivity index (χ1v) is 7.55. The SMILES string of the molecule is CNc1cc(C2CCCC2)nc(C(OC)C(C)(C)C)n1. The van der Waals surface area contributed by atoms with Gasteiger partial charge in [-0.2, -0.15) is 0 Å². The maximum atomic E-state index is 5.67. The Morgan fingerprint density at radius 1 is 1.25 bits per heavy atom. The van der Waals surface area contributed by atoms with Gasteiger partial charge in [-0.1, -0.05) is 33.6 Å². The molecule has 1 aromatic heterocycles. The van der Waals surface area contributed by atoms with E-state index in [9.17, 15) is 0 Å². The van der Waals surface area contributed by atoms with Crippen LogP contribution in [0.3, 0.4) is 0 Å². The molecule has 4 nitrogen and oxygen atoms in total. The Hall–Kier alpha value is -1.16. The van der Waals surface area contributed by atoms with E-state index in [2.05, 4.69) is 37.1 Å². The number of rotatable bonds is 4. The van der Waals surface area contributed by atoms with Crippen LogP contribution in [0.4, 0.5) is 5.82 Å². The second kappa shape index (κ2) is 6.08. The highest BCUT2D eigenvalue weighted by Gasteiger charge is 2.30. The molecule has 0 radical (unpaired) electrons. The van der Waals surface area contributed by atoms with Crippen molar-refractivity contribution in [3.63, 3.8) is 0 Å². The van der Waals surface area contributed by atoms with E-state index in [1.165, 1.54) is 31.4 Å². The monoisotopic (exact) mass is 277 g/mol. The highest BCUT2D eigenvalue weighted by atomic mass is 16.5.